The van der Waals surface area contributed by atoms with Gasteiger partial charge in [0.05, 0.1) is 25.0 Å². The van der Waals surface area contributed by atoms with Crippen LogP contribution in [0, 0.1) is 11.8 Å². The van der Waals surface area contributed by atoms with Crippen molar-refractivity contribution < 1.29 is 23.9 Å². The molecule has 0 radical (unpaired) electrons. The number of amides is 1. The zero-order chi connectivity index (χ0) is 47.7. The molecule has 0 heterocycles. The molecular formula is C57H113N3O5. The second kappa shape index (κ2) is 50.2. The van der Waals surface area contributed by atoms with Gasteiger partial charge in [-0.2, -0.15) is 0 Å². The number of hydrogen-bond acceptors (Lipinski definition) is 7. The van der Waals surface area contributed by atoms with Gasteiger partial charge in [0.1, 0.15) is 0 Å². The Morgan fingerprint density at radius 2 is 0.754 bits per heavy atom. The fraction of sp³-hybridized carbons (Fsp3) is 0.947. The Labute approximate surface area is 405 Å². The fourth-order valence-electron chi connectivity index (χ4n) is 8.99. The number of unbranched alkanes of at least 4 members (excludes halogenated alkanes) is 25. The highest BCUT2D eigenvalue weighted by Gasteiger charge is 2.20. The van der Waals surface area contributed by atoms with Crippen LogP contribution in [0.1, 0.15) is 279 Å². The second-order valence-corrected chi connectivity index (χ2v) is 20.0. The molecule has 0 aromatic rings. The standard InChI is InChI=1S/C57H113N3O5/c1-7-12-17-26-33-44-55(61)58-45-34-37-46-59(6)49-50-60(47-35-27-22-20-24-29-38-51-64-56(62)53(40-15-10-4)42-31-18-13-8-2)48-36-28-23-21-25-30-39-52-65-57(63)54(41-16-11-5)43-32-19-14-9-3/h53-54H,7-52H2,1-6H3,(H,58,61). The minimum atomic E-state index is 0.0558. The van der Waals surface area contributed by atoms with Crippen molar-refractivity contribution in [3.8, 4) is 0 Å². The highest BCUT2D eigenvalue weighted by atomic mass is 16.5. The Morgan fingerprint density at radius 3 is 1.22 bits per heavy atom. The zero-order valence-electron chi connectivity index (χ0n) is 44.6. The molecule has 0 rings (SSSR count). The normalized spacial score (nSPS) is 12.6. The topological polar surface area (TPSA) is 88.2 Å². The summed E-state index contributed by atoms with van der Waals surface area (Å²) >= 11 is 0. The number of carbonyl (C=O) groups is 3. The van der Waals surface area contributed by atoms with Crippen LogP contribution >= 0.6 is 0 Å². The van der Waals surface area contributed by atoms with E-state index < -0.39 is 0 Å². The Morgan fingerprint density at radius 1 is 0.385 bits per heavy atom. The van der Waals surface area contributed by atoms with Gasteiger partial charge in [-0.1, -0.05) is 202 Å². The van der Waals surface area contributed by atoms with Crippen molar-refractivity contribution in [1.29, 1.82) is 0 Å². The van der Waals surface area contributed by atoms with E-state index in [2.05, 4.69) is 56.8 Å². The van der Waals surface area contributed by atoms with Crippen LogP contribution in [0.4, 0.5) is 0 Å². The highest BCUT2D eigenvalue weighted by Crippen LogP contribution is 2.21. The number of likely N-dealkylation sites (N-methyl/N-ethyl adjacent to an activating group) is 1. The average molecular weight is 921 g/mol. The fourth-order valence-corrected chi connectivity index (χ4v) is 8.99. The Hall–Kier alpha value is -1.67. The van der Waals surface area contributed by atoms with Crippen molar-refractivity contribution in [3.05, 3.63) is 0 Å². The van der Waals surface area contributed by atoms with Crippen LogP contribution in [0.3, 0.4) is 0 Å². The molecule has 8 nitrogen and oxygen atoms in total. The molecule has 1 N–H and O–H groups in total. The van der Waals surface area contributed by atoms with Gasteiger partial charge in [0.25, 0.3) is 0 Å². The van der Waals surface area contributed by atoms with Crippen LogP contribution in [0.2, 0.25) is 0 Å². The number of nitrogens with zero attached hydrogens (tertiary/aromatic N) is 2. The lowest BCUT2D eigenvalue weighted by molar-refractivity contribution is -0.150. The van der Waals surface area contributed by atoms with Crippen molar-refractivity contribution >= 4 is 17.8 Å². The van der Waals surface area contributed by atoms with Crippen molar-refractivity contribution in [2.24, 2.45) is 11.8 Å². The van der Waals surface area contributed by atoms with E-state index in [0.29, 0.717) is 19.6 Å². The summed E-state index contributed by atoms with van der Waals surface area (Å²) in [5, 5.41) is 3.14. The lowest BCUT2D eigenvalue weighted by Gasteiger charge is -2.26. The summed E-state index contributed by atoms with van der Waals surface area (Å²) in [6.45, 7) is 18.7. The highest BCUT2D eigenvalue weighted by molar-refractivity contribution is 5.75. The maximum atomic E-state index is 12.8. The van der Waals surface area contributed by atoms with E-state index in [9.17, 15) is 14.4 Å². The molecule has 0 saturated carbocycles. The molecule has 1 amide bonds. The first-order chi connectivity index (χ1) is 31.8. The minimum absolute atomic E-state index is 0.0558. The molecule has 0 aromatic heterocycles. The van der Waals surface area contributed by atoms with Crippen molar-refractivity contribution in [3.63, 3.8) is 0 Å². The molecule has 65 heavy (non-hydrogen) atoms. The van der Waals surface area contributed by atoms with Gasteiger partial charge in [-0.05, 0) is 97.3 Å². The molecule has 0 aliphatic rings. The third-order valence-corrected chi connectivity index (χ3v) is 13.6. The molecule has 2 atom stereocenters. The van der Waals surface area contributed by atoms with Gasteiger partial charge >= 0.3 is 11.9 Å². The zero-order valence-corrected chi connectivity index (χ0v) is 44.6. The van der Waals surface area contributed by atoms with Gasteiger partial charge < -0.3 is 24.6 Å². The molecule has 0 aliphatic heterocycles. The van der Waals surface area contributed by atoms with Gasteiger partial charge in [-0.3, -0.25) is 14.4 Å². The Kier molecular flexibility index (Phi) is 48.9. The maximum absolute atomic E-state index is 12.8. The first kappa shape index (κ1) is 63.3. The van der Waals surface area contributed by atoms with E-state index in [1.165, 1.54) is 142 Å². The second-order valence-electron chi connectivity index (χ2n) is 20.0. The van der Waals surface area contributed by atoms with Crippen molar-refractivity contribution in [2.45, 2.75) is 279 Å². The third kappa shape index (κ3) is 43.4. The number of ether oxygens (including phenoxy) is 2. The molecule has 0 spiro atoms. The van der Waals surface area contributed by atoms with Crippen molar-refractivity contribution in [1.82, 2.24) is 15.1 Å². The largest absolute Gasteiger partial charge is 0.465 e. The summed E-state index contributed by atoms with van der Waals surface area (Å²) < 4.78 is 11.5. The van der Waals surface area contributed by atoms with Crippen LogP contribution in [0.15, 0.2) is 0 Å². The summed E-state index contributed by atoms with van der Waals surface area (Å²) in [6.07, 6.45) is 44.0. The Balaban J connectivity index is 4.53. The number of hydrogen-bond donors (Lipinski definition) is 1. The van der Waals surface area contributed by atoms with E-state index in [0.717, 1.165) is 135 Å². The quantitative estimate of drug-likeness (QED) is 0.0480. The monoisotopic (exact) mass is 920 g/mol. The molecule has 0 fully saturated rings. The first-order valence-corrected chi connectivity index (χ1v) is 28.8. The number of carbonyl (C=O) groups excluding carboxylic acids is 3. The molecule has 0 saturated heterocycles. The first-order valence-electron chi connectivity index (χ1n) is 28.8. The molecule has 386 valence electrons. The Bertz CT molecular complexity index is 971. The average Bonchev–Trinajstić information content (AvgIpc) is 3.30. The smallest absolute Gasteiger partial charge is 0.308 e. The van der Waals surface area contributed by atoms with Crippen LogP contribution in [0.25, 0.3) is 0 Å². The van der Waals surface area contributed by atoms with Crippen LogP contribution in [-0.2, 0) is 23.9 Å². The number of rotatable bonds is 52. The lowest BCUT2D eigenvalue weighted by Crippen LogP contribution is -2.35. The summed E-state index contributed by atoms with van der Waals surface area (Å²) in [7, 11) is 2.26. The van der Waals surface area contributed by atoms with Gasteiger partial charge in [0, 0.05) is 26.1 Å². The SMILES string of the molecule is CCCCCCCC(=O)NCCCCN(C)CCN(CCCCCCCCCOC(=O)C(CCCC)CCCCCC)CCCCCCCCCOC(=O)C(CCCC)CCCCCC. The minimum Gasteiger partial charge on any atom is -0.465 e. The molecule has 0 aliphatic carbocycles. The third-order valence-electron chi connectivity index (χ3n) is 13.6. The van der Waals surface area contributed by atoms with E-state index >= 15 is 0 Å². The molecule has 8 heteroatoms. The molecular weight excluding hydrogens is 807 g/mol. The van der Waals surface area contributed by atoms with Gasteiger partial charge in [-0.25, -0.2) is 0 Å². The number of esters is 2. The van der Waals surface area contributed by atoms with E-state index in [4.69, 9.17) is 9.47 Å². The summed E-state index contributed by atoms with van der Waals surface area (Å²) in [6, 6.07) is 0. The van der Waals surface area contributed by atoms with Gasteiger partial charge in [0.2, 0.25) is 5.91 Å². The van der Waals surface area contributed by atoms with E-state index in [-0.39, 0.29) is 29.7 Å². The maximum Gasteiger partial charge on any atom is 0.308 e. The van der Waals surface area contributed by atoms with Crippen LogP contribution in [-0.4, -0.2) is 87.2 Å². The van der Waals surface area contributed by atoms with Gasteiger partial charge in [-0.15, -0.1) is 0 Å². The van der Waals surface area contributed by atoms with E-state index in [1.54, 1.807) is 0 Å². The van der Waals surface area contributed by atoms with Crippen LogP contribution < -0.4 is 5.32 Å². The van der Waals surface area contributed by atoms with Crippen LogP contribution in [0.5, 0.6) is 0 Å². The summed E-state index contributed by atoms with van der Waals surface area (Å²) in [4.78, 5) is 43.0. The predicted octanol–water partition coefficient (Wildman–Crippen LogP) is 15.6. The number of nitrogens with one attached hydrogen (secondary N) is 1. The predicted molar refractivity (Wildman–Crippen MR) is 280 cm³/mol. The summed E-state index contributed by atoms with van der Waals surface area (Å²) in [5.41, 5.74) is 0. The molecule has 2 unspecified atom stereocenters. The lowest BCUT2D eigenvalue weighted by atomic mass is 9.95. The van der Waals surface area contributed by atoms with Gasteiger partial charge in [0.15, 0.2) is 0 Å². The van der Waals surface area contributed by atoms with E-state index in [1.807, 2.05) is 0 Å². The van der Waals surface area contributed by atoms with Crippen molar-refractivity contribution in [2.75, 3.05) is 59.5 Å². The molecule has 0 bridgehead atoms. The summed E-state index contributed by atoms with van der Waals surface area (Å²) in [5.74, 6) is 0.538. The molecule has 0 aromatic carbocycles.